The van der Waals surface area contributed by atoms with Gasteiger partial charge in [-0.3, -0.25) is 5.32 Å². The second-order valence-electron chi connectivity index (χ2n) is 5.04. The van der Waals surface area contributed by atoms with Crippen LogP contribution in [0, 0.1) is 12.3 Å². The summed E-state index contributed by atoms with van der Waals surface area (Å²) in [5, 5.41) is 3.75. The van der Waals surface area contributed by atoms with Crippen LogP contribution in [0.2, 0.25) is 5.02 Å². The quantitative estimate of drug-likeness (QED) is 0.870. The molecule has 0 unspecified atom stereocenters. The zero-order chi connectivity index (χ0) is 15.4. The third-order valence-corrected chi connectivity index (χ3v) is 4.00. The molecule has 1 aliphatic carbocycles. The number of terminal acetylenes is 1. The van der Waals surface area contributed by atoms with E-state index >= 15 is 0 Å². The molecular weight excluding hydrogens is 288 g/mol. The maximum atomic E-state index is 11.9. The molecule has 0 bridgehead atoms. The highest BCUT2D eigenvalue weighted by Gasteiger charge is 2.24. The second-order valence-corrected chi connectivity index (χ2v) is 5.45. The van der Waals surface area contributed by atoms with E-state index in [1.165, 1.54) is 10.5 Å². The number of amides is 1. The molecule has 1 aliphatic rings. The molecular formula is C16H19ClN2O2. The van der Waals surface area contributed by atoms with Gasteiger partial charge < -0.3 is 9.64 Å². The molecule has 1 aromatic carbocycles. The van der Waals surface area contributed by atoms with E-state index < -0.39 is 6.09 Å². The summed E-state index contributed by atoms with van der Waals surface area (Å²) in [5.74, 6) is 2.98. The molecule has 1 N–H and O–H groups in total. The average Bonchev–Trinajstić information content (AvgIpc) is 2.86. The first-order valence-corrected chi connectivity index (χ1v) is 7.36. The van der Waals surface area contributed by atoms with E-state index in [1.807, 2.05) is 19.1 Å². The Morgan fingerprint density at radius 1 is 1.62 bits per heavy atom. The van der Waals surface area contributed by atoms with Crippen LogP contribution in [0.1, 0.15) is 30.5 Å². The molecule has 1 atom stereocenters. The van der Waals surface area contributed by atoms with E-state index in [2.05, 4.69) is 11.2 Å². The smallest absolute Gasteiger partial charge is 0.409 e. The number of nitrogens with one attached hydrogen (secondary N) is 1. The Kier molecular flexibility index (Phi) is 5.11. The molecule has 0 saturated heterocycles. The number of halogens is 1. The number of hydrogen-bond donors (Lipinski definition) is 1. The number of ether oxygens (including phenoxy) is 1. The first-order valence-electron chi connectivity index (χ1n) is 6.99. The first kappa shape index (κ1) is 15.7. The van der Waals surface area contributed by atoms with Crippen LogP contribution in [0.15, 0.2) is 12.1 Å². The van der Waals surface area contributed by atoms with Crippen LogP contribution in [-0.4, -0.2) is 31.1 Å². The summed E-state index contributed by atoms with van der Waals surface area (Å²) in [6.07, 6.45) is 6.79. The summed E-state index contributed by atoms with van der Waals surface area (Å²) in [6.45, 7) is 2.97. The Labute approximate surface area is 130 Å². The Morgan fingerprint density at radius 3 is 3.05 bits per heavy atom. The van der Waals surface area contributed by atoms with Crippen molar-refractivity contribution in [2.75, 3.05) is 20.1 Å². The van der Waals surface area contributed by atoms with Crippen LogP contribution in [0.4, 0.5) is 4.79 Å². The Hall–Kier alpha value is -1.70. The molecule has 0 aromatic heterocycles. The molecule has 5 heteroatoms. The molecule has 0 aliphatic heterocycles. The highest BCUT2D eigenvalue weighted by atomic mass is 35.5. The van der Waals surface area contributed by atoms with Gasteiger partial charge in [0.15, 0.2) is 5.75 Å². The van der Waals surface area contributed by atoms with Crippen molar-refractivity contribution >= 4 is 17.7 Å². The monoisotopic (exact) mass is 306 g/mol. The number of nitrogens with zero attached hydrogens (tertiary/aromatic N) is 1. The van der Waals surface area contributed by atoms with Crippen molar-refractivity contribution in [1.82, 2.24) is 10.2 Å². The molecule has 112 valence electrons. The molecule has 0 spiro atoms. The maximum Gasteiger partial charge on any atom is 0.415 e. The summed E-state index contributed by atoms with van der Waals surface area (Å²) >= 11 is 6.20. The van der Waals surface area contributed by atoms with E-state index in [4.69, 9.17) is 22.8 Å². The van der Waals surface area contributed by atoms with Gasteiger partial charge in [0.1, 0.15) is 0 Å². The van der Waals surface area contributed by atoms with Gasteiger partial charge in [0, 0.05) is 19.6 Å². The van der Waals surface area contributed by atoms with E-state index in [0.29, 0.717) is 23.9 Å². The van der Waals surface area contributed by atoms with Crippen LogP contribution < -0.4 is 10.1 Å². The molecule has 0 radical (unpaired) electrons. The minimum Gasteiger partial charge on any atom is -0.409 e. The summed E-state index contributed by atoms with van der Waals surface area (Å²) < 4.78 is 5.36. The lowest BCUT2D eigenvalue weighted by Gasteiger charge is -2.17. The second kappa shape index (κ2) is 6.84. The van der Waals surface area contributed by atoms with Crippen molar-refractivity contribution in [3.63, 3.8) is 0 Å². The van der Waals surface area contributed by atoms with Gasteiger partial charge in [0.2, 0.25) is 0 Å². The Bertz CT molecular complexity index is 580. The Morgan fingerprint density at radius 2 is 2.38 bits per heavy atom. The maximum absolute atomic E-state index is 11.9. The lowest BCUT2D eigenvalue weighted by atomic mass is 10.1. The van der Waals surface area contributed by atoms with E-state index in [0.717, 1.165) is 18.4 Å². The number of benzene rings is 1. The first-order chi connectivity index (χ1) is 10.1. The highest BCUT2D eigenvalue weighted by Crippen LogP contribution is 2.38. The summed E-state index contributed by atoms with van der Waals surface area (Å²) in [7, 11) is 1.68. The number of fused-ring (bicyclic) bond motifs is 1. The molecule has 0 saturated carbocycles. The van der Waals surface area contributed by atoms with Crippen molar-refractivity contribution in [2.45, 2.75) is 25.8 Å². The van der Waals surface area contributed by atoms with Gasteiger partial charge in [0.05, 0.1) is 11.6 Å². The molecule has 21 heavy (non-hydrogen) atoms. The average molecular weight is 307 g/mol. The predicted molar refractivity (Wildman–Crippen MR) is 83.7 cm³/mol. The fraction of sp³-hybridized carbons (Fsp3) is 0.438. The van der Waals surface area contributed by atoms with E-state index in [-0.39, 0.29) is 6.04 Å². The van der Waals surface area contributed by atoms with Crippen molar-refractivity contribution in [2.24, 2.45) is 0 Å². The van der Waals surface area contributed by atoms with Gasteiger partial charge in [-0.1, -0.05) is 17.5 Å². The highest BCUT2D eigenvalue weighted by molar-refractivity contribution is 6.32. The summed E-state index contributed by atoms with van der Waals surface area (Å²) in [5.41, 5.74) is 2.29. The van der Waals surface area contributed by atoms with Crippen LogP contribution in [0.3, 0.4) is 0 Å². The topological polar surface area (TPSA) is 41.6 Å². The van der Waals surface area contributed by atoms with E-state index in [1.54, 1.807) is 7.05 Å². The minimum atomic E-state index is -0.412. The minimum absolute atomic E-state index is 0.190. The van der Waals surface area contributed by atoms with Gasteiger partial charge in [-0.15, -0.1) is 6.42 Å². The van der Waals surface area contributed by atoms with Gasteiger partial charge in [-0.25, -0.2) is 4.79 Å². The number of hydrogen-bond acceptors (Lipinski definition) is 3. The van der Waals surface area contributed by atoms with Gasteiger partial charge >= 0.3 is 6.09 Å². The number of rotatable bonds is 4. The Balaban J connectivity index is 2.21. The van der Waals surface area contributed by atoms with Crippen LogP contribution in [0.5, 0.6) is 5.75 Å². The van der Waals surface area contributed by atoms with Crippen molar-refractivity contribution in [1.29, 1.82) is 0 Å². The standard InChI is InChI=1S/C16H19ClN2O2/c1-4-8-18-14-7-6-11-9-13(17)15(10-12(11)14)21-16(20)19(3)5-2/h1,9-10,14,18H,5-8H2,2-3H3/t14-/m0/s1. The van der Waals surface area contributed by atoms with Crippen LogP contribution in [0.25, 0.3) is 0 Å². The number of carbonyl (C=O) groups excluding carboxylic acids is 1. The third kappa shape index (κ3) is 3.49. The SMILES string of the molecule is C#CCN[C@H]1CCc2cc(Cl)c(OC(=O)N(C)CC)cc21. The number of aryl methyl sites for hydroxylation is 1. The van der Waals surface area contributed by atoms with Gasteiger partial charge in [-0.05, 0) is 43.0 Å². The van der Waals surface area contributed by atoms with Gasteiger partial charge in [-0.2, -0.15) is 0 Å². The summed E-state index contributed by atoms with van der Waals surface area (Å²) in [4.78, 5) is 13.3. The zero-order valence-corrected chi connectivity index (χ0v) is 13.0. The van der Waals surface area contributed by atoms with Crippen LogP contribution in [-0.2, 0) is 6.42 Å². The van der Waals surface area contributed by atoms with Crippen molar-refractivity contribution < 1.29 is 9.53 Å². The number of carbonyl (C=O) groups is 1. The van der Waals surface area contributed by atoms with Crippen LogP contribution >= 0.6 is 11.6 Å². The molecule has 0 fully saturated rings. The molecule has 4 nitrogen and oxygen atoms in total. The van der Waals surface area contributed by atoms with Crippen molar-refractivity contribution in [3.8, 4) is 18.1 Å². The lowest BCUT2D eigenvalue weighted by Crippen LogP contribution is -2.29. The fourth-order valence-electron chi connectivity index (χ4n) is 2.38. The fourth-order valence-corrected chi connectivity index (χ4v) is 2.60. The molecule has 1 aromatic rings. The van der Waals surface area contributed by atoms with Crippen molar-refractivity contribution in [3.05, 3.63) is 28.3 Å². The van der Waals surface area contributed by atoms with Gasteiger partial charge in [0.25, 0.3) is 0 Å². The van der Waals surface area contributed by atoms with E-state index in [9.17, 15) is 4.79 Å². The zero-order valence-electron chi connectivity index (χ0n) is 12.3. The molecule has 0 heterocycles. The normalized spacial score (nSPS) is 16.2. The lowest BCUT2D eigenvalue weighted by molar-refractivity contribution is 0.165. The predicted octanol–water partition coefficient (Wildman–Crippen LogP) is 3.00. The molecule has 1 amide bonds. The third-order valence-electron chi connectivity index (χ3n) is 3.71. The largest absolute Gasteiger partial charge is 0.415 e. The summed E-state index contributed by atoms with van der Waals surface area (Å²) in [6, 6.07) is 3.91. The molecule has 2 rings (SSSR count).